The molecule has 0 spiro atoms. The lowest BCUT2D eigenvalue weighted by Crippen LogP contribution is -2.08. The van der Waals surface area contributed by atoms with Crippen LogP contribution in [-0.2, 0) is 20.2 Å². The van der Waals surface area contributed by atoms with E-state index in [0.717, 1.165) is 18.2 Å². The van der Waals surface area contributed by atoms with Crippen molar-refractivity contribution in [3.05, 3.63) is 29.3 Å². The molecule has 124 valence electrons. The lowest BCUT2D eigenvalue weighted by Gasteiger charge is -2.10. The average Bonchev–Trinajstić information content (AvgIpc) is 2.34. The van der Waals surface area contributed by atoms with Crippen LogP contribution in [0.1, 0.15) is 5.82 Å². The van der Waals surface area contributed by atoms with Crippen molar-refractivity contribution in [2.75, 3.05) is 5.32 Å². The first-order valence-corrected chi connectivity index (χ1v) is 8.97. The molecule has 0 atom stereocenters. The molecule has 0 fully saturated rings. The summed E-state index contributed by atoms with van der Waals surface area (Å²) in [6.07, 6.45) is 0. The standard InChI is InChI=1S/C10H9ClN4O6S2/c1-5-12-9(11)15-10(13-5)14-7-4-6(22(16,17)18)2-3-8(7)23(19,20)21/h2-4H,1H3,(H,16,17,18)(H,19,20,21)(H,12,13,14,15). The van der Waals surface area contributed by atoms with E-state index in [2.05, 4.69) is 20.3 Å². The van der Waals surface area contributed by atoms with Crippen molar-refractivity contribution in [3.8, 4) is 0 Å². The summed E-state index contributed by atoms with van der Waals surface area (Å²) in [6, 6.07) is 2.41. The van der Waals surface area contributed by atoms with Crippen molar-refractivity contribution in [2.24, 2.45) is 0 Å². The van der Waals surface area contributed by atoms with E-state index in [0.29, 0.717) is 0 Å². The van der Waals surface area contributed by atoms with Gasteiger partial charge < -0.3 is 5.32 Å². The zero-order valence-corrected chi connectivity index (χ0v) is 13.7. The van der Waals surface area contributed by atoms with Crippen LogP contribution < -0.4 is 5.32 Å². The van der Waals surface area contributed by atoms with E-state index >= 15 is 0 Å². The second-order valence-electron chi connectivity index (χ2n) is 4.21. The molecule has 0 radical (unpaired) electrons. The normalized spacial score (nSPS) is 12.2. The van der Waals surface area contributed by atoms with Gasteiger partial charge in [-0.25, -0.2) is 4.98 Å². The number of hydrogen-bond donors (Lipinski definition) is 3. The van der Waals surface area contributed by atoms with E-state index in [9.17, 15) is 21.4 Å². The number of nitrogens with one attached hydrogen (secondary N) is 1. The molecular weight excluding hydrogens is 372 g/mol. The molecule has 0 saturated heterocycles. The molecule has 1 heterocycles. The molecule has 2 aromatic rings. The van der Waals surface area contributed by atoms with Crippen molar-refractivity contribution < 1.29 is 25.9 Å². The minimum absolute atomic E-state index is 0.181. The Morgan fingerprint density at radius 2 is 1.70 bits per heavy atom. The molecule has 0 amide bonds. The smallest absolute Gasteiger partial charge is 0.296 e. The highest BCUT2D eigenvalue weighted by Crippen LogP contribution is 2.27. The minimum atomic E-state index is -4.68. The second kappa shape index (κ2) is 5.98. The van der Waals surface area contributed by atoms with E-state index in [1.807, 2.05) is 0 Å². The van der Waals surface area contributed by atoms with Gasteiger partial charge in [0.25, 0.3) is 20.2 Å². The van der Waals surface area contributed by atoms with Gasteiger partial charge in [0, 0.05) is 0 Å². The van der Waals surface area contributed by atoms with E-state index < -0.39 is 30.0 Å². The predicted molar refractivity (Wildman–Crippen MR) is 78.9 cm³/mol. The number of nitrogens with zero attached hydrogens (tertiary/aromatic N) is 3. The van der Waals surface area contributed by atoms with Crippen LogP contribution in [0.4, 0.5) is 11.6 Å². The van der Waals surface area contributed by atoms with Crippen LogP contribution in [0.5, 0.6) is 0 Å². The Morgan fingerprint density at radius 1 is 1.04 bits per heavy atom. The maximum Gasteiger partial charge on any atom is 0.296 e. The quantitative estimate of drug-likeness (QED) is 0.654. The number of anilines is 2. The van der Waals surface area contributed by atoms with Gasteiger partial charge in [-0.05, 0) is 36.7 Å². The number of benzene rings is 1. The van der Waals surface area contributed by atoms with Crippen molar-refractivity contribution in [1.29, 1.82) is 0 Å². The van der Waals surface area contributed by atoms with Crippen LogP contribution in [0.2, 0.25) is 5.28 Å². The highest BCUT2D eigenvalue weighted by atomic mass is 35.5. The summed E-state index contributed by atoms with van der Waals surface area (Å²) in [6.45, 7) is 1.50. The van der Waals surface area contributed by atoms with E-state index in [4.69, 9.17) is 16.2 Å². The SMILES string of the molecule is Cc1nc(Cl)nc(Nc2cc(S(=O)(=O)O)ccc2S(=O)(=O)O)n1. The molecule has 1 aromatic carbocycles. The largest absolute Gasteiger partial charge is 0.323 e. The lowest BCUT2D eigenvalue weighted by molar-refractivity contribution is 0.479. The van der Waals surface area contributed by atoms with Crippen LogP contribution in [0, 0.1) is 6.92 Å². The molecule has 23 heavy (non-hydrogen) atoms. The summed E-state index contributed by atoms with van der Waals surface area (Å²) >= 11 is 5.64. The first-order chi connectivity index (χ1) is 10.5. The van der Waals surface area contributed by atoms with E-state index in [-0.39, 0.29) is 22.7 Å². The van der Waals surface area contributed by atoms with E-state index in [1.165, 1.54) is 6.92 Å². The molecule has 10 nitrogen and oxygen atoms in total. The Balaban J connectivity index is 2.62. The lowest BCUT2D eigenvalue weighted by atomic mass is 10.3. The first kappa shape index (κ1) is 17.5. The van der Waals surface area contributed by atoms with Gasteiger partial charge in [0.15, 0.2) is 0 Å². The zero-order valence-electron chi connectivity index (χ0n) is 11.3. The van der Waals surface area contributed by atoms with Gasteiger partial charge in [0.2, 0.25) is 11.2 Å². The Morgan fingerprint density at radius 3 is 2.22 bits per heavy atom. The minimum Gasteiger partial charge on any atom is -0.323 e. The third-order valence-electron chi connectivity index (χ3n) is 2.49. The van der Waals surface area contributed by atoms with Gasteiger partial charge in [0.1, 0.15) is 10.7 Å². The fourth-order valence-electron chi connectivity index (χ4n) is 1.62. The molecule has 3 N–H and O–H groups in total. The van der Waals surface area contributed by atoms with Crippen LogP contribution >= 0.6 is 11.6 Å². The van der Waals surface area contributed by atoms with Gasteiger partial charge in [-0.3, -0.25) is 9.11 Å². The third kappa shape index (κ3) is 4.33. The number of hydrogen-bond acceptors (Lipinski definition) is 8. The van der Waals surface area contributed by atoms with Gasteiger partial charge in [-0.1, -0.05) is 0 Å². The maximum atomic E-state index is 11.4. The summed E-state index contributed by atoms with van der Waals surface area (Å²) in [5, 5.41) is 2.23. The Labute approximate surface area is 136 Å². The molecule has 0 unspecified atom stereocenters. The molecule has 0 aliphatic heterocycles. The van der Waals surface area contributed by atoms with Gasteiger partial charge in [-0.2, -0.15) is 26.8 Å². The molecule has 0 saturated carbocycles. The number of halogens is 1. The molecule has 0 aliphatic carbocycles. The summed E-state index contributed by atoms with van der Waals surface area (Å²) in [7, 11) is -9.27. The topological polar surface area (TPSA) is 159 Å². The number of rotatable bonds is 4. The van der Waals surface area contributed by atoms with Crippen LogP contribution in [0.3, 0.4) is 0 Å². The summed E-state index contributed by atoms with van der Waals surface area (Å²) in [4.78, 5) is 10.00. The Bertz CT molecular complexity index is 957. The van der Waals surface area contributed by atoms with Crippen molar-refractivity contribution in [3.63, 3.8) is 0 Å². The highest BCUT2D eigenvalue weighted by molar-refractivity contribution is 7.86. The first-order valence-electron chi connectivity index (χ1n) is 5.71. The molecule has 2 rings (SSSR count). The van der Waals surface area contributed by atoms with Crippen LogP contribution in [-0.4, -0.2) is 40.9 Å². The zero-order chi connectivity index (χ0) is 17.4. The van der Waals surface area contributed by atoms with Crippen molar-refractivity contribution in [2.45, 2.75) is 16.7 Å². The molecule has 13 heteroatoms. The summed E-state index contributed by atoms with van der Waals surface area (Å²) in [5.41, 5.74) is -0.371. The number of aromatic nitrogens is 3. The molecule has 0 aliphatic rings. The Kier molecular flexibility index (Phi) is 4.54. The van der Waals surface area contributed by atoms with Crippen LogP contribution in [0.25, 0.3) is 0 Å². The predicted octanol–water partition coefficient (Wildman–Crippen LogP) is 1.07. The van der Waals surface area contributed by atoms with Crippen molar-refractivity contribution >= 4 is 43.5 Å². The summed E-state index contributed by atoms with van der Waals surface area (Å²) < 4.78 is 63.3. The Hall–Kier alpha value is -1.86. The van der Waals surface area contributed by atoms with Crippen molar-refractivity contribution in [1.82, 2.24) is 15.0 Å². The fourth-order valence-corrected chi connectivity index (χ4v) is 2.95. The van der Waals surface area contributed by atoms with Gasteiger partial charge >= 0.3 is 0 Å². The van der Waals surface area contributed by atoms with Gasteiger partial charge in [-0.15, -0.1) is 0 Å². The monoisotopic (exact) mass is 380 g/mol. The van der Waals surface area contributed by atoms with Gasteiger partial charge in [0.05, 0.1) is 10.6 Å². The van der Waals surface area contributed by atoms with Crippen LogP contribution in [0.15, 0.2) is 28.0 Å². The van der Waals surface area contributed by atoms with E-state index in [1.54, 1.807) is 0 Å². The molecule has 1 aromatic heterocycles. The average molecular weight is 381 g/mol. The number of aryl methyl sites for hydroxylation is 1. The molecule has 0 bridgehead atoms. The summed E-state index contributed by atoms with van der Waals surface area (Å²) in [5.74, 6) is 0.0340. The fraction of sp³-hybridized carbons (Fsp3) is 0.100. The second-order valence-corrected chi connectivity index (χ2v) is 7.36. The maximum absolute atomic E-state index is 11.4. The highest BCUT2D eigenvalue weighted by Gasteiger charge is 2.20. The third-order valence-corrected chi connectivity index (χ3v) is 4.42. The molecular formula is C10H9ClN4O6S2.